The van der Waals surface area contributed by atoms with Crippen molar-refractivity contribution >= 4 is 5.01 Å². The Kier molecular flexibility index (Phi) is 3.12. The summed E-state index contributed by atoms with van der Waals surface area (Å²) in [4.78, 5) is 2.26. The molecule has 3 heteroatoms. The van der Waals surface area contributed by atoms with E-state index < -0.39 is 0 Å². The molecule has 2 nitrogen and oxygen atoms in total. The van der Waals surface area contributed by atoms with Gasteiger partial charge in [0.1, 0.15) is 0 Å². The average Bonchev–Trinajstić information content (AvgIpc) is 2.24. The topological polar surface area (TPSA) is 12.5 Å². The van der Waals surface area contributed by atoms with Crippen LogP contribution in [-0.2, 0) is 20.6 Å². The van der Waals surface area contributed by atoms with Gasteiger partial charge in [0, 0.05) is 0 Å². The summed E-state index contributed by atoms with van der Waals surface area (Å²) < 4.78 is 5.69. The zero-order chi connectivity index (χ0) is 9.35. The molecule has 0 saturated carbocycles. The van der Waals surface area contributed by atoms with Crippen LogP contribution >= 0.6 is 0 Å². The first-order valence-electron chi connectivity index (χ1n) is 4.36. The molecule has 1 rings (SSSR count). The SMILES string of the molecule is CC(C)[C@H]1COC(C)(C)N1[CH]=[Cr]. The molecule has 1 atom stereocenters. The van der Waals surface area contributed by atoms with E-state index in [0.29, 0.717) is 12.0 Å². The maximum atomic E-state index is 5.69. The second-order valence-corrected chi connectivity index (χ2v) is 4.41. The predicted octanol–water partition coefficient (Wildman–Crippen LogP) is 1.39. The van der Waals surface area contributed by atoms with Gasteiger partial charge in [-0.2, -0.15) is 0 Å². The Morgan fingerprint density at radius 3 is 2.50 bits per heavy atom. The van der Waals surface area contributed by atoms with Gasteiger partial charge < -0.3 is 0 Å². The van der Waals surface area contributed by atoms with Gasteiger partial charge in [-0.3, -0.25) is 0 Å². The van der Waals surface area contributed by atoms with Gasteiger partial charge in [-0.15, -0.1) is 0 Å². The molecule has 1 heterocycles. The Morgan fingerprint density at radius 1 is 1.58 bits per heavy atom. The summed E-state index contributed by atoms with van der Waals surface area (Å²) >= 11 is 2.95. The number of hydrogen-bond acceptors (Lipinski definition) is 2. The van der Waals surface area contributed by atoms with Crippen molar-refractivity contribution in [2.45, 2.75) is 39.5 Å². The van der Waals surface area contributed by atoms with Crippen molar-refractivity contribution < 1.29 is 20.6 Å². The first-order valence-corrected chi connectivity index (χ1v) is 5.10. The summed E-state index contributed by atoms with van der Waals surface area (Å²) in [5.41, 5.74) is -0.139. The number of nitrogens with zero attached hydrogens (tertiary/aromatic N) is 1. The first-order chi connectivity index (χ1) is 5.49. The molecule has 0 radical (unpaired) electrons. The fourth-order valence-corrected chi connectivity index (χ4v) is 2.20. The molecule has 0 bridgehead atoms. The third-order valence-corrected chi connectivity index (χ3v) is 2.82. The van der Waals surface area contributed by atoms with Crippen molar-refractivity contribution in [3.05, 3.63) is 0 Å². The van der Waals surface area contributed by atoms with Crippen molar-refractivity contribution in [1.29, 1.82) is 0 Å². The van der Waals surface area contributed by atoms with Gasteiger partial charge in [-0.25, -0.2) is 0 Å². The van der Waals surface area contributed by atoms with Crippen molar-refractivity contribution in [2.24, 2.45) is 5.92 Å². The van der Waals surface area contributed by atoms with Crippen LogP contribution in [0.3, 0.4) is 0 Å². The zero-order valence-corrected chi connectivity index (χ0v) is 9.48. The molecule has 1 aliphatic heterocycles. The summed E-state index contributed by atoms with van der Waals surface area (Å²) in [6.07, 6.45) is 0. The molecule has 0 N–H and O–H groups in total. The number of ether oxygens (including phenoxy) is 1. The summed E-state index contributed by atoms with van der Waals surface area (Å²) in [7, 11) is 0. The molecule has 70 valence electrons. The van der Waals surface area contributed by atoms with Crippen molar-refractivity contribution in [3.63, 3.8) is 0 Å². The van der Waals surface area contributed by atoms with Crippen molar-refractivity contribution in [2.75, 3.05) is 6.61 Å². The zero-order valence-electron chi connectivity index (χ0n) is 8.20. The minimum absolute atomic E-state index is 0.139. The van der Waals surface area contributed by atoms with Crippen LogP contribution in [0.1, 0.15) is 27.7 Å². The second kappa shape index (κ2) is 3.59. The van der Waals surface area contributed by atoms with E-state index in [4.69, 9.17) is 4.74 Å². The molecule has 1 fully saturated rings. The molecular formula is C9H17CrNO. The summed E-state index contributed by atoms with van der Waals surface area (Å²) in [6, 6.07) is 0.515. The minimum atomic E-state index is -0.139. The molecular weight excluding hydrogens is 190 g/mol. The standard InChI is InChI=1S/C9H17NO.Cr/c1-7(2)8-6-11-9(3,4)10(8)5;/h5,7-8H,6H2,1-4H3;/t8-;/m1./s1. The molecule has 0 aromatic carbocycles. The van der Waals surface area contributed by atoms with E-state index in [1.165, 1.54) is 0 Å². The van der Waals surface area contributed by atoms with Gasteiger partial charge in [0.15, 0.2) is 0 Å². The van der Waals surface area contributed by atoms with E-state index in [1.807, 2.05) is 5.01 Å². The number of rotatable bonds is 2. The van der Waals surface area contributed by atoms with E-state index in [1.54, 1.807) is 0 Å². The van der Waals surface area contributed by atoms with Crippen LogP contribution in [0.25, 0.3) is 0 Å². The van der Waals surface area contributed by atoms with Crippen LogP contribution in [0.5, 0.6) is 0 Å². The van der Waals surface area contributed by atoms with Crippen molar-refractivity contribution in [1.82, 2.24) is 4.90 Å². The first kappa shape index (κ1) is 10.4. The number of hydrogen-bond donors (Lipinski definition) is 0. The van der Waals surface area contributed by atoms with E-state index in [0.717, 1.165) is 6.61 Å². The monoisotopic (exact) mass is 207 g/mol. The van der Waals surface area contributed by atoms with Gasteiger partial charge in [0.05, 0.1) is 0 Å². The summed E-state index contributed by atoms with van der Waals surface area (Å²) in [6.45, 7) is 9.49. The molecule has 0 aromatic heterocycles. The Labute approximate surface area is 82.8 Å². The van der Waals surface area contributed by atoms with E-state index in [2.05, 4.69) is 48.4 Å². The normalized spacial score (nSPS) is 29.6. The quantitative estimate of drug-likeness (QED) is 0.678. The Morgan fingerprint density at radius 2 is 2.17 bits per heavy atom. The summed E-state index contributed by atoms with van der Waals surface area (Å²) in [5.74, 6) is 0.636. The Hall–Kier alpha value is 0.322. The van der Waals surface area contributed by atoms with Gasteiger partial charge in [-0.1, -0.05) is 0 Å². The average molecular weight is 207 g/mol. The van der Waals surface area contributed by atoms with Gasteiger partial charge in [-0.05, 0) is 0 Å². The molecule has 0 aromatic rings. The fraction of sp³-hybridized carbons (Fsp3) is 0.889. The van der Waals surface area contributed by atoms with Crippen LogP contribution in [0.4, 0.5) is 0 Å². The van der Waals surface area contributed by atoms with Gasteiger partial charge in [0.25, 0.3) is 0 Å². The fourth-order valence-electron chi connectivity index (χ4n) is 1.56. The predicted molar refractivity (Wildman–Crippen MR) is 46.6 cm³/mol. The third-order valence-electron chi connectivity index (χ3n) is 2.47. The molecule has 0 unspecified atom stereocenters. The van der Waals surface area contributed by atoms with Crippen LogP contribution in [0, 0.1) is 5.92 Å². The van der Waals surface area contributed by atoms with Crippen molar-refractivity contribution in [3.8, 4) is 0 Å². The Bertz CT molecular complexity index is 179. The molecule has 0 aliphatic carbocycles. The van der Waals surface area contributed by atoms with Crippen LogP contribution < -0.4 is 0 Å². The molecule has 12 heavy (non-hydrogen) atoms. The molecule has 1 saturated heterocycles. The van der Waals surface area contributed by atoms with E-state index in [9.17, 15) is 0 Å². The Balaban J connectivity index is 2.76. The van der Waals surface area contributed by atoms with Gasteiger partial charge in [0.2, 0.25) is 0 Å². The molecule has 0 amide bonds. The van der Waals surface area contributed by atoms with Gasteiger partial charge >= 0.3 is 82.5 Å². The maximum absolute atomic E-state index is 5.69. The van der Waals surface area contributed by atoms with E-state index in [-0.39, 0.29) is 5.72 Å². The van der Waals surface area contributed by atoms with E-state index >= 15 is 0 Å². The second-order valence-electron chi connectivity index (χ2n) is 4.08. The van der Waals surface area contributed by atoms with Crippen LogP contribution in [-0.4, -0.2) is 28.3 Å². The molecule has 0 spiro atoms. The van der Waals surface area contributed by atoms with Crippen LogP contribution in [0.15, 0.2) is 0 Å². The summed E-state index contributed by atoms with van der Waals surface area (Å²) in [5, 5.41) is 2.01. The molecule has 1 aliphatic rings. The van der Waals surface area contributed by atoms with Crippen LogP contribution in [0.2, 0.25) is 0 Å². The third kappa shape index (κ3) is 1.80.